The predicted molar refractivity (Wildman–Crippen MR) is 86.7 cm³/mol. The van der Waals surface area contributed by atoms with Crippen LogP contribution < -0.4 is 5.32 Å². The largest absolute Gasteiger partial charge is 0.460 e. The first-order valence-corrected chi connectivity index (χ1v) is 7.27. The normalized spacial score (nSPS) is 10.0. The van der Waals surface area contributed by atoms with Crippen LogP contribution in [-0.4, -0.2) is 23.3 Å². The second-order valence-electron chi connectivity index (χ2n) is 4.75. The van der Waals surface area contributed by atoms with Gasteiger partial charge in [-0.25, -0.2) is 0 Å². The molecule has 0 unspecified atom stereocenters. The van der Waals surface area contributed by atoms with Crippen molar-refractivity contribution in [3.8, 4) is 0 Å². The van der Waals surface area contributed by atoms with Crippen LogP contribution in [0.25, 0.3) is 0 Å². The highest BCUT2D eigenvalue weighted by molar-refractivity contribution is 6.31. The molecule has 1 N–H and O–H groups in total. The first-order valence-electron chi connectivity index (χ1n) is 6.89. The molecule has 8 heteroatoms. The molecule has 0 aliphatic rings. The maximum atomic E-state index is 12.0. The molecule has 0 spiro atoms. The van der Waals surface area contributed by atoms with Crippen molar-refractivity contribution in [3.05, 3.63) is 74.8 Å². The number of benzene rings is 2. The molecule has 0 aromatic heterocycles. The molecule has 0 aliphatic heterocycles. The average molecular weight is 349 g/mol. The van der Waals surface area contributed by atoms with Gasteiger partial charge in [-0.05, 0) is 17.7 Å². The minimum atomic E-state index is -0.755. The minimum absolute atomic E-state index is 0.0800. The topological polar surface area (TPSA) is 98.5 Å². The molecule has 7 nitrogen and oxygen atoms in total. The molecule has 0 bridgehead atoms. The summed E-state index contributed by atoms with van der Waals surface area (Å²) < 4.78 is 5.00. The average Bonchev–Trinajstić information content (AvgIpc) is 2.58. The molecule has 0 heterocycles. The number of nitro benzene ring substituents is 1. The summed E-state index contributed by atoms with van der Waals surface area (Å²) in [6.07, 6.45) is 0. The fourth-order valence-electron chi connectivity index (χ4n) is 1.88. The van der Waals surface area contributed by atoms with E-state index in [1.807, 2.05) is 18.2 Å². The number of halogens is 1. The van der Waals surface area contributed by atoms with Crippen LogP contribution in [0.15, 0.2) is 48.5 Å². The van der Waals surface area contributed by atoms with Crippen molar-refractivity contribution in [2.24, 2.45) is 0 Å². The molecule has 0 saturated heterocycles. The van der Waals surface area contributed by atoms with E-state index in [4.69, 9.17) is 16.3 Å². The summed E-state index contributed by atoms with van der Waals surface area (Å²) in [4.78, 5) is 33.9. The van der Waals surface area contributed by atoms with E-state index >= 15 is 0 Å². The summed E-state index contributed by atoms with van der Waals surface area (Å²) in [6.45, 7) is -0.317. The Morgan fingerprint density at radius 2 is 1.88 bits per heavy atom. The van der Waals surface area contributed by atoms with Gasteiger partial charge >= 0.3 is 5.97 Å². The molecule has 24 heavy (non-hydrogen) atoms. The second-order valence-corrected chi connectivity index (χ2v) is 5.18. The van der Waals surface area contributed by atoms with Gasteiger partial charge in [0.1, 0.15) is 18.7 Å². The monoisotopic (exact) mass is 348 g/mol. The fraction of sp³-hybridized carbons (Fsp3) is 0.125. The summed E-state index contributed by atoms with van der Waals surface area (Å²) in [7, 11) is 0. The molecule has 2 aromatic carbocycles. The number of nitro groups is 1. The van der Waals surface area contributed by atoms with Crippen molar-refractivity contribution < 1.29 is 19.2 Å². The molecule has 0 radical (unpaired) electrons. The van der Waals surface area contributed by atoms with Gasteiger partial charge in [0.05, 0.1) is 4.92 Å². The third-order valence-corrected chi connectivity index (χ3v) is 3.27. The lowest BCUT2D eigenvalue weighted by Crippen LogP contribution is -2.31. The Morgan fingerprint density at radius 3 is 2.54 bits per heavy atom. The van der Waals surface area contributed by atoms with Gasteiger partial charge in [-0.3, -0.25) is 19.7 Å². The zero-order valence-corrected chi connectivity index (χ0v) is 13.2. The van der Waals surface area contributed by atoms with Gasteiger partial charge < -0.3 is 10.1 Å². The van der Waals surface area contributed by atoms with E-state index in [9.17, 15) is 19.7 Å². The van der Waals surface area contributed by atoms with E-state index in [2.05, 4.69) is 5.32 Å². The van der Waals surface area contributed by atoms with E-state index in [1.165, 1.54) is 12.1 Å². The van der Waals surface area contributed by atoms with Gasteiger partial charge in [-0.1, -0.05) is 41.9 Å². The minimum Gasteiger partial charge on any atom is -0.460 e. The van der Waals surface area contributed by atoms with Crippen LogP contribution >= 0.6 is 11.6 Å². The predicted octanol–water partition coefficient (Wildman–Crippen LogP) is 2.72. The highest BCUT2D eigenvalue weighted by atomic mass is 35.5. The maximum Gasteiger partial charge on any atom is 0.325 e. The standard InChI is InChI=1S/C16H13ClN2O5/c17-12-6-7-13(14(8-12)19(22)23)16(21)18-9-15(20)24-10-11-4-2-1-3-5-11/h1-8H,9-10H2,(H,18,21). The summed E-state index contributed by atoms with van der Waals surface area (Å²) in [5.41, 5.74) is 0.198. The molecular formula is C16H13ClN2O5. The first-order chi connectivity index (χ1) is 11.5. The maximum absolute atomic E-state index is 12.0. The van der Waals surface area contributed by atoms with Crippen LogP contribution in [0.1, 0.15) is 15.9 Å². The molecule has 1 amide bonds. The molecular weight excluding hydrogens is 336 g/mol. The third kappa shape index (κ3) is 4.79. The van der Waals surface area contributed by atoms with Crippen LogP contribution in [0.3, 0.4) is 0 Å². The van der Waals surface area contributed by atoms with Crippen LogP contribution in [0.2, 0.25) is 5.02 Å². The number of amides is 1. The molecule has 0 atom stereocenters. The quantitative estimate of drug-likeness (QED) is 0.491. The second kappa shape index (κ2) is 8.07. The number of ether oxygens (including phenoxy) is 1. The zero-order chi connectivity index (χ0) is 17.5. The molecule has 2 rings (SSSR count). The van der Waals surface area contributed by atoms with Crippen molar-refractivity contribution >= 4 is 29.2 Å². The number of rotatable bonds is 6. The lowest BCUT2D eigenvalue weighted by atomic mass is 10.1. The van der Waals surface area contributed by atoms with Gasteiger partial charge in [0.15, 0.2) is 0 Å². The molecule has 0 aliphatic carbocycles. The van der Waals surface area contributed by atoms with Crippen LogP contribution in [0.5, 0.6) is 0 Å². The summed E-state index contributed by atoms with van der Waals surface area (Å²) in [5.74, 6) is -1.40. The Morgan fingerprint density at radius 1 is 1.17 bits per heavy atom. The van der Waals surface area contributed by atoms with E-state index < -0.39 is 29.0 Å². The van der Waals surface area contributed by atoms with Gasteiger partial charge in [0, 0.05) is 11.1 Å². The highest BCUT2D eigenvalue weighted by Gasteiger charge is 2.21. The Balaban J connectivity index is 1.91. The Kier molecular flexibility index (Phi) is 5.86. The number of carbonyl (C=O) groups is 2. The number of hydrogen-bond acceptors (Lipinski definition) is 5. The molecule has 124 valence electrons. The summed E-state index contributed by atoms with van der Waals surface area (Å²) in [6, 6.07) is 12.7. The number of carbonyl (C=O) groups excluding carboxylic acids is 2. The smallest absolute Gasteiger partial charge is 0.325 e. The van der Waals surface area contributed by atoms with Gasteiger partial charge in [-0.15, -0.1) is 0 Å². The van der Waals surface area contributed by atoms with Crippen LogP contribution in [0.4, 0.5) is 5.69 Å². The molecule has 0 fully saturated rings. The van der Waals surface area contributed by atoms with E-state index in [1.54, 1.807) is 12.1 Å². The summed E-state index contributed by atoms with van der Waals surface area (Å²) in [5, 5.41) is 13.4. The zero-order valence-electron chi connectivity index (χ0n) is 12.4. The third-order valence-electron chi connectivity index (χ3n) is 3.04. The van der Waals surface area contributed by atoms with Crippen molar-refractivity contribution in [2.75, 3.05) is 6.54 Å². The van der Waals surface area contributed by atoms with Crippen LogP contribution in [-0.2, 0) is 16.1 Å². The van der Waals surface area contributed by atoms with Crippen molar-refractivity contribution in [2.45, 2.75) is 6.61 Å². The number of nitrogens with zero attached hydrogens (tertiary/aromatic N) is 1. The Bertz CT molecular complexity index is 764. The Hall–Kier alpha value is -2.93. The van der Waals surface area contributed by atoms with Gasteiger partial charge in [-0.2, -0.15) is 0 Å². The SMILES string of the molecule is O=C(CNC(=O)c1ccc(Cl)cc1[N+](=O)[O-])OCc1ccccc1. The van der Waals surface area contributed by atoms with E-state index in [0.717, 1.165) is 11.6 Å². The highest BCUT2D eigenvalue weighted by Crippen LogP contribution is 2.23. The molecule has 0 saturated carbocycles. The molecule has 2 aromatic rings. The lowest BCUT2D eigenvalue weighted by molar-refractivity contribution is -0.385. The van der Waals surface area contributed by atoms with Crippen molar-refractivity contribution in [1.29, 1.82) is 0 Å². The number of nitrogens with one attached hydrogen (secondary N) is 1. The number of hydrogen-bond donors (Lipinski definition) is 1. The van der Waals surface area contributed by atoms with Crippen LogP contribution in [0, 0.1) is 10.1 Å². The lowest BCUT2D eigenvalue weighted by Gasteiger charge is -2.07. The van der Waals surface area contributed by atoms with E-state index in [0.29, 0.717) is 0 Å². The first kappa shape index (κ1) is 17.4. The Labute approximate surface area is 142 Å². The van der Waals surface area contributed by atoms with E-state index in [-0.39, 0.29) is 17.2 Å². The fourth-order valence-corrected chi connectivity index (χ4v) is 2.05. The van der Waals surface area contributed by atoms with Gasteiger partial charge in [0.25, 0.3) is 11.6 Å². The van der Waals surface area contributed by atoms with Crippen molar-refractivity contribution in [3.63, 3.8) is 0 Å². The summed E-state index contributed by atoms with van der Waals surface area (Å²) >= 11 is 5.68. The number of esters is 1. The van der Waals surface area contributed by atoms with Crippen molar-refractivity contribution in [1.82, 2.24) is 5.32 Å². The van der Waals surface area contributed by atoms with Gasteiger partial charge in [0.2, 0.25) is 0 Å².